The highest BCUT2D eigenvalue weighted by atomic mass is 15.2. The average Bonchev–Trinajstić information content (AvgIpc) is 2.61. The fourth-order valence-corrected chi connectivity index (χ4v) is 2.35. The van der Waals surface area contributed by atoms with Gasteiger partial charge >= 0.3 is 0 Å². The van der Waals surface area contributed by atoms with Crippen LogP contribution in [0, 0.1) is 0 Å². The minimum atomic E-state index is 0.715. The summed E-state index contributed by atoms with van der Waals surface area (Å²) >= 11 is 0. The monoisotopic (exact) mass is 184 g/mol. The van der Waals surface area contributed by atoms with E-state index >= 15 is 0 Å². The molecule has 2 heteroatoms. The van der Waals surface area contributed by atoms with Crippen LogP contribution in [0.15, 0.2) is 0 Å². The van der Waals surface area contributed by atoms with Crippen molar-refractivity contribution in [3.63, 3.8) is 0 Å². The lowest BCUT2D eigenvalue weighted by Crippen LogP contribution is -2.42. The molecular formula is C11H24N2. The van der Waals surface area contributed by atoms with Crippen LogP contribution in [0.25, 0.3) is 0 Å². The zero-order valence-corrected chi connectivity index (χ0v) is 9.34. The Morgan fingerprint density at radius 2 is 2.23 bits per heavy atom. The van der Waals surface area contributed by atoms with E-state index in [4.69, 9.17) is 0 Å². The van der Waals surface area contributed by atoms with Gasteiger partial charge in [0.2, 0.25) is 0 Å². The van der Waals surface area contributed by atoms with Gasteiger partial charge in [-0.1, -0.05) is 13.8 Å². The Morgan fingerprint density at radius 1 is 1.46 bits per heavy atom. The van der Waals surface area contributed by atoms with Gasteiger partial charge in [-0.15, -0.1) is 0 Å². The molecule has 0 saturated carbocycles. The number of likely N-dealkylation sites (tertiary alicyclic amines) is 1. The lowest BCUT2D eigenvalue weighted by molar-refractivity contribution is 0.184. The van der Waals surface area contributed by atoms with Crippen molar-refractivity contribution >= 4 is 0 Å². The molecule has 2 atom stereocenters. The second-order valence-electron chi connectivity index (χ2n) is 4.10. The lowest BCUT2D eigenvalue weighted by atomic mass is 10.1. The van der Waals surface area contributed by atoms with Gasteiger partial charge in [0, 0.05) is 18.6 Å². The topological polar surface area (TPSA) is 15.3 Å². The normalized spacial score (nSPS) is 26.5. The van der Waals surface area contributed by atoms with Crippen LogP contribution in [0.2, 0.25) is 0 Å². The van der Waals surface area contributed by atoms with Gasteiger partial charge in [0.05, 0.1) is 0 Å². The smallest absolute Gasteiger partial charge is 0.0195 e. The number of likely N-dealkylation sites (N-methyl/N-ethyl adjacent to an activating group) is 1. The third kappa shape index (κ3) is 2.96. The summed E-state index contributed by atoms with van der Waals surface area (Å²) in [5.74, 6) is 0. The maximum atomic E-state index is 3.43. The molecule has 0 bridgehead atoms. The lowest BCUT2D eigenvalue weighted by Gasteiger charge is -2.30. The van der Waals surface area contributed by atoms with Crippen LogP contribution < -0.4 is 5.32 Å². The molecule has 1 N–H and O–H groups in total. The fourth-order valence-electron chi connectivity index (χ4n) is 2.35. The molecular weight excluding hydrogens is 160 g/mol. The van der Waals surface area contributed by atoms with Crippen molar-refractivity contribution < 1.29 is 0 Å². The molecule has 1 saturated heterocycles. The molecule has 1 fully saturated rings. The van der Waals surface area contributed by atoms with Crippen molar-refractivity contribution in [2.24, 2.45) is 0 Å². The second-order valence-corrected chi connectivity index (χ2v) is 4.10. The second kappa shape index (κ2) is 5.61. The summed E-state index contributed by atoms with van der Waals surface area (Å²) in [4.78, 5) is 2.67. The summed E-state index contributed by atoms with van der Waals surface area (Å²) in [7, 11) is 0. The first kappa shape index (κ1) is 11.0. The number of nitrogens with zero attached hydrogens (tertiary/aromatic N) is 1. The Labute approximate surface area is 82.7 Å². The molecule has 1 aliphatic heterocycles. The van der Waals surface area contributed by atoms with E-state index in [0.29, 0.717) is 6.04 Å². The van der Waals surface area contributed by atoms with Crippen LogP contribution in [0.1, 0.15) is 40.0 Å². The molecule has 0 amide bonds. The molecule has 1 rings (SSSR count). The first-order valence-electron chi connectivity index (χ1n) is 5.76. The summed E-state index contributed by atoms with van der Waals surface area (Å²) < 4.78 is 0. The SMILES string of the molecule is CCNCC(C)N1CCCC1CC. The van der Waals surface area contributed by atoms with Gasteiger partial charge in [-0.25, -0.2) is 0 Å². The summed E-state index contributed by atoms with van der Waals surface area (Å²) in [6, 6.07) is 1.57. The van der Waals surface area contributed by atoms with Gasteiger partial charge < -0.3 is 5.32 Å². The van der Waals surface area contributed by atoms with E-state index in [1.807, 2.05) is 0 Å². The number of hydrogen-bond donors (Lipinski definition) is 1. The van der Waals surface area contributed by atoms with Gasteiger partial charge in [-0.2, -0.15) is 0 Å². The predicted molar refractivity (Wildman–Crippen MR) is 58.0 cm³/mol. The fraction of sp³-hybridized carbons (Fsp3) is 1.00. The van der Waals surface area contributed by atoms with Gasteiger partial charge in [-0.05, 0) is 39.3 Å². The molecule has 1 aliphatic rings. The number of nitrogens with one attached hydrogen (secondary N) is 1. The minimum Gasteiger partial charge on any atom is -0.315 e. The molecule has 1 heterocycles. The Balaban J connectivity index is 2.31. The molecule has 0 radical (unpaired) electrons. The van der Waals surface area contributed by atoms with Crippen LogP contribution >= 0.6 is 0 Å². The molecule has 0 aromatic heterocycles. The maximum Gasteiger partial charge on any atom is 0.0195 e. The Kier molecular flexibility index (Phi) is 4.74. The highest BCUT2D eigenvalue weighted by molar-refractivity contribution is 4.82. The first-order chi connectivity index (χ1) is 6.29. The molecule has 13 heavy (non-hydrogen) atoms. The van der Waals surface area contributed by atoms with Gasteiger partial charge in [0.1, 0.15) is 0 Å². The zero-order chi connectivity index (χ0) is 9.68. The van der Waals surface area contributed by atoms with Crippen LogP contribution in [0.5, 0.6) is 0 Å². The quantitative estimate of drug-likeness (QED) is 0.701. The molecule has 0 aromatic carbocycles. The standard InChI is InChI=1S/C11H24N2/c1-4-11-7-6-8-13(11)10(3)9-12-5-2/h10-12H,4-9H2,1-3H3. The third-order valence-electron chi connectivity index (χ3n) is 3.15. The molecule has 2 unspecified atom stereocenters. The van der Waals surface area contributed by atoms with Crippen molar-refractivity contribution in [1.82, 2.24) is 10.2 Å². The van der Waals surface area contributed by atoms with E-state index in [1.54, 1.807) is 0 Å². The van der Waals surface area contributed by atoms with Crippen molar-refractivity contribution in [1.29, 1.82) is 0 Å². The average molecular weight is 184 g/mol. The van der Waals surface area contributed by atoms with Crippen LogP contribution in [0.4, 0.5) is 0 Å². The Hall–Kier alpha value is -0.0800. The van der Waals surface area contributed by atoms with E-state index in [9.17, 15) is 0 Å². The summed E-state index contributed by atoms with van der Waals surface area (Å²) in [5, 5.41) is 3.43. The zero-order valence-electron chi connectivity index (χ0n) is 9.34. The summed E-state index contributed by atoms with van der Waals surface area (Å²) in [6.07, 6.45) is 4.12. The van der Waals surface area contributed by atoms with Crippen LogP contribution in [0.3, 0.4) is 0 Å². The minimum absolute atomic E-state index is 0.715. The number of hydrogen-bond acceptors (Lipinski definition) is 2. The largest absolute Gasteiger partial charge is 0.315 e. The van der Waals surface area contributed by atoms with Gasteiger partial charge in [-0.3, -0.25) is 4.90 Å². The molecule has 78 valence electrons. The van der Waals surface area contributed by atoms with E-state index in [0.717, 1.165) is 19.1 Å². The van der Waals surface area contributed by atoms with E-state index in [1.165, 1.54) is 25.8 Å². The molecule has 2 nitrogen and oxygen atoms in total. The third-order valence-corrected chi connectivity index (χ3v) is 3.15. The van der Waals surface area contributed by atoms with Crippen molar-refractivity contribution in [3.8, 4) is 0 Å². The predicted octanol–water partition coefficient (Wildman–Crippen LogP) is 1.86. The van der Waals surface area contributed by atoms with Crippen LogP contribution in [-0.4, -0.2) is 36.6 Å². The van der Waals surface area contributed by atoms with E-state index in [-0.39, 0.29) is 0 Å². The van der Waals surface area contributed by atoms with Crippen molar-refractivity contribution in [2.45, 2.75) is 52.1 Å². The maximum absolute atomic E-state index is 3.43. The highest BCUT2D eigenvalue weighted by Crippen LogP contribution is 2.21. The van der Waals surface area contributed by atoms with Gasteiger partial charge in [0.15, 0.2) is 0 Å². The van der Waals surface area contributed by atoms with Crippen molar-refractivity contribution in [2.75, 3.05) is 19.6 Å². The number of rotatable bonds is 5. The van der Waals surface area contributed by atoms with E-state index < -0.39 is 0 Å². The van der Waals surface area contributed by atoms with Crippen LogP contribution in [-0.2, 0) is 0 Å². The molecule has 0 spiro atoms. The van der Waals surface area contributed by atoms with Crippen molar-refractivity contribution in [3.05, 3.63) is 0 Å². The van der Waals surface area contributed by atoms with Gasteiger partial charge in [0.25, 0.3) is 0 Å². The first-order valence-corrected chi connectivity index (χ1v) is 5.76. The Morgan fingerprint density at radius 3 is 2.85 bits per heavy atom. The van der Waals surface area contributed by atoms with E-state index in [2.05, 4.69) is 31.0 Å². The summed E-state index contributed by atoms with van der Waals surface area (Å²) in [5.41, 5.74) is 0. The molecule has 0 aliphatic carbocycles. The summed E-state index contributed by atoms with van der Waals surface area (Å²) in [6.45, 7) is 10.4. The Bertz CT molecular complexity index is 136. The molecule has 0 aromatic rings. The highest BCUT2D eigenvalue weighted by Gasteiger charge is 2.26.